The smallest absolute Gasteiger partial charge is 0.278 e. The Morgan fingerprint density at radius 2 is 1.86 bits per heavy atom. The maximum Gasteiger partial charge on any atom is 0.278 e. The van der Waals surface area contributed by atoms with E-state index in [1.165, 1.54) is 7.05 Å². The molecular weight excluding hydrogens is 288 g/mol. The van der Waals surface area contributed by atoms with Gasteiger partial charge < -0.3 is 4.90 Å². The summed E-state index contributed by atoms with van der Waals surface area (Å²) in [6.07, 6.45) is 0. The zero-order chi connectivity index (χ0) is 16.7. The van der Waals surface area contributed by atoms with E-state index in [0.29, 0.717) is 0 Å². The van der Waals surface area contributed by atoms with Crippen LogP contribution in [0.15, 0.2) is 24.3 Å². The van der Waals surface area contributed by atoms with Crippen LogP contribution < -0.4 is 4.90 Å². The fourth-order valence-corrected chi connectivity index (χ4v) is 2.28. The van der Waals surface area contributed by atoms with Gasteiger partial charge in [0.25, 0.3) is 5.91 Å². The summed E-state index contributed by atoms with van der Waals surface area (Å²) in [6.45, 7) is 7.75. The molecule has 1 aromatic heterocycles. The summed E-state index contributed by atoms with van der Waals surface area (Å²) >= 11 is 0. The third-order valence-corrected chi connectivity index (χ3v) is 3.32. The van der Waals surface area contributed by atoms with Crippen LogP contribution in [-0.4, -0.2) is 22.7 Å². The van der Waals surface area contributed by atoms with E-state index in [1.807, 2.05) is 27.7 Å². The van der Waals surface area contributed by atoms with Gasteiger partial charge in [-0.25, -0.2) is 8.78 Å². The van der Waals surface area contributed by atoms with Crippen molar-refractivity contribution in [1.29, 1.82) is 0 Å². The number of anilines is 1. The molecule has 0 aliphatic heterocycles. The van der Waals surface area contributed by atoms with Crippen molar-refractivity contribution >= 4 is 11.6 Å². The van der Waals surface area contributed by atoms with Crippen molar-refractivity contribution < 1.29 is 13.6 Å². The van der Waals surface area contributed by atoms with Crippen molar-refractivity contribution in [3.63, 3.8) is 0 Å². The lowest BCUT2D eigenvalue weighted by Crippen LogP contribution is -2.29. The number of benzene rings is 1. The van der Waals surface area contributed by atoms with E-state index >= 15 is 0 Å². The zero-order valence-electron chi connectivity index (χ0n) is 13.3. The number of hydrogen-bond acceptors (Lipinski definition) is 2. The van der Waals surface area contributed by atoms with Crippen LogP contribution in [0.25, 0.3) is 0 Å². The van der Waals surface area contributed by atoms with Crippen molar-refractivity contribution in [2.45, 2.75) is 33.2 Å². The Hall–Kier alpha value is -2.24. The Kier molecular flexibility index (Phi) is 4.04. The molecule has 22 heavy (non-hydrogen) atoms. The second kappa shape index (κ2) is 5.51. The summed E-state index contributed by atoms with van der Waals surface area (Å²) in [7, 11) is 1.39. The number of carbonyl (C=O) groups excluding carboxylic acids is 1. The first kappa shape index (κ1) is 16.1. The van der Waals surface area contributed by atoms with Crippen LogP contribution in [0, 0.1) is 18.6 Å². The maximum atomic E-state index is 13.8. The zero-order valence-corrected chi connectivity index (χ0v) is 13.3. The molecule has 6 heteroatoms. The number of nitrogens with zero attached hydrogens (tertiary/aromatic N) is 3. The number of carbonyl (C=O) groups is 1. The van der Waals surface area contributed by atoms with E-state index in [2.05, 4.69) is 5.10 Å². The lowest BCUT2D eigenvalue weighted by Gasteiger charge is -2.21. The van der Waals surface area contributed by atoms with E-state index in [9.17, 15) is 13.6 Å². The molecule has 1 aromatic carbocycles. The molecule has 1 heterocycles. The van der Waals surface area contributed by atoms with E-state index in [4.69, 9.17) is 0 Å². The maximum absolute atomic E-state index is 13.8. The normalized spacial score (nSPS) is 11.6. The molecular formula is C16H19F2N3O. The number of hydrogen-bond donors (Lipinski definition) is 0. The number of halogens is 2. The summed E-state index contributed by atoms with van der Waals surface area (Å²) in [5, 5.41) is 4.29. The van der Waals surface area contributed by atoms with Crippen LogP contribution in [0.1, 0.15) is 37.0 Å². The summed E-state index contributed by atoms with van der Waals surface area (Å²) in [4.78, 5) is 13.5. The van der Waals surface area contributed by atoms with Crippen molar-refractivity contribution in [1.82, 2.24) is 9.78 Å². The van der Waals surface area contributed by atoms with Crippen LogP contribution in [-0.2, 0) is 5.54 Å². The van der Waals surface area contributed by atoms with Gasteiger partial charge in [0.05, 0.1) is 11.2 Å². The molecule has 2 aromatic rings. The Balaban J connectivity index is 2.38. The van der Waals surface area contributed by atoms with E-state index < -0.39 is 17.5 Å². The van der Waals surface area contributed by atoms with Gasteiger partial charge in [-0.2, -0.15) is 5.10 Å². The SMILES string of the molecule is Cc1cc(C(=O)N(C)c2cc(F)ccc2F)nn1C(C)(C)C. The Bertz CT molecular complexity index is 717. The van der Waals surface area contributed by atoms with Crippen LogP contribution in [0.3, 0.4) is 0 Å². The van der Waals surface area contributed by atoms with Crippen LogP contribution in [0.5, 0.6) is 0 Å². The van der Waals surface area contributed by atoms with Gasteiger partial charge in [0.2, 0.25) is 0 Å². The minimum absolute atomic E-state index is 0.118. The van der Waals surface area contributed by atoms with Gasteiger partial charge in [0.1, 0.15) is 11.6 Å². The molecule has 0 radical (unpaired) electrons. The standard InChI is InChI=1S/C16H19F2N3O/c1-10-8-13(19-21(10)16(2,3)4)15(22)20(5)14-9-11(17)6-7-12(14)18/h6-9H,1-5H3. The third kappa shape index (κ3) is 3.00. The van der Waals surface area contributed by atoms with E-state index in [-0.39, 0.29) is 16.9 Å². The second-order valence-corrected chi connectivity index (χ2v) is 6.21. The minimum atomic E-state index is -0.663. The topological polar surface area (TPSA) is 38.1 Å². The highest BCUT2D eigenvalue weighted by Gasteiger charge is 2.24. The highest BCUT2D eigenvalue weighted by molar-refractivity contribution is 6.04. The molecule has 0 unspecified atom stereocenters. The molecule has 0 saturated carbocycles. The van der Waals surface area contributed by atoms with Crippen LogP contribution >= 0.6 is 0 Å². The van der Waals surface area contributed by atoms with Crippen LogP contribution in [0.4, 0.5) is 14.5 Å². The highest BCUT2D eigenvalue weighted by atomic mass is 19.1. The van der Waals surface area contributed by atoms with E-state index in [0.717, 1.165) is 28.8 Å². The summed E-state index contributed by atoms with van der Waals surface area (Å²) in [5.41, 5.74) is 0.626. The van der Waals surface area contributed by atoms with Crippen LogP contribution in [0.2, 0.25) is 0 Å². The number of rotatable bonds is 2. The second-order valence-electron chi connectivity index (χ2n) is 6.21. The monoisotopic (exact) mass is 307 g/mol. The first-order valence-electron chi connectivity index (χ1n) is 6.91. The van der Waals surface area contributed by atoms with Crippen molar-refractivity contribution in [2.24, 2.45) is 0 Å². The minimum Gasteiger partial charge on any atom is -0.307 e. The Morgan fingerprint density at radius 3 is 2.41 bits per heavy atom. The van der Waals surface area contributed by atoms with Crippen molar-refractivity contribution in [3.05, 3.63) is 47.3 Å². The van der Waals surface area contributed by atoms with Gasteiger partial charge >= 0.3 is 0 Å². The predicted octanol–water partition coefficient (Wildman–Crippen LogP) is 3.50. The lowest BCUT2D eigenvalue weighted by molar-refractivity contribution is 0.0986. The molecule has 0 spiro atoms. The summed E-state index contributed by atoms with van der Waals surface area (Å²) in [6, 6.07) is 4.63. The lowest BCUT2D eigenvalue weighted by atomic mass is 10.1. The van der Waals surface area contributed by atoms with Gasteiger partial charge in [0.15, 0.2) is 5.69 Å². The quantitative estimate of drug-likeness (QED) is 0.851. The number of aromatic nitrogens is 2. The molecule has 0 saturated heterocycles. The molecule has 0 fully saturated rings. The predicted molar refractivity (Wildman–Crippen MR) is 81.1 cm³/mol. The first-order valence-corrected chi connectivity index (χ1v) is 6.91. The van der Waals surface area contributed by atoms with Gasteiger partial charge in [-0.05, 0) is 45.9 Å². The molecule has 118 valence electrons. The fraction of sp³-hybridized carbons (Fsp3) is 0.375. The molecule has 0 N–H and O–H groups in total. The Labute approximate surface area is 128 Å². The molecule has 0 aliphatic carbocycles. The molecule has 0 atom stereocenters. The molecule has 0 aliphatic rings. The van der Waals surface area contributed by atoms with Crippen molar-refractivity contribution in [3.8, 4) is 0 Å². The number of amides is 1. The molecule has 0 bridgehead atoms. The molecule has 4 nitrogen and oxygen atoms in total. The average Bonchev–Trinajstić information content (AvgIpc) is 2.82. The van der Waals surface area contributed by atoms with Gasteiger partial charge in [-0.15, -0.1) is 0 Å². The molecule has 2 rings (SSSR count). The van der Waals surface area contributed by atoms with Gasteiger partial charge in [-0.1, -0.05) is 0 Å². The fourth-order valence-electron chi connectivity index (χ4n) is 2.28. The highest BCUT2D eigenvalue weighted by Crippen LogP contribution is 2.22. The summed E-state index contributed by atoms with van der Waals surface area (Å²) < 4.78 is 28.8. The molecule has 1 amide bonds. The van der Waals surface area contributed by atoms with Crippen molar-refractivity contribution in [2.75, 3.05) is 11.9 Å². The Morgan fingerprint density at radius 1 is 1.23 bits per heavy atom. The summed E-state index contributed by atoms with van der Waals surface area (Å²) in [5.74, 6) is -1.76. The first-order chi connectivity index (χ1) is 10.1. The largest absolute Gasteiger partial charge is 0.307 e. The van der Waals surface area contributed by atoms with Gasteiger partial charge in [0, 0.05) is 18.8 Å². The number of aryl methyl sites for hydroxylation is 1. The van der Waals surface area contributed by atoms with E-state index in [1.54, 1.807) is 10.7 Å². The van der Waals surface area contributed by atoms with Gasteiger partial charge in [-0.3, -0.25) is 9.48 Å². The third-order valence-electron chi connectivity index (χ3n) is 3.32. The average molecular weight is 307 g/mol.